The van der Waals surface area contributed by atoms with Gasteiger partial charge >= 0.3 is 6.18 Å². The zero-order valence-corrected chi connectivity index (χ0v) is 22.2. The van der Waals surface area contributed by atoms with E-state index in [0.717, 1.165) is 10.6 Å². The van der Waals surface area contributed by atoms with Gasteiger partial charge < -0.3 is 20.3 Å². The third kappa shape index (κ3) is 4.28. The number of amides is 1. The predicted molar refractivity (Wildman–Crippen MR) is 137 cm³/mol. The maximum absolute atomic E-state index is 13.6. The zero-order chi connectivity index (χ0) is 29.3. The van der Waals surface area contributed by atoms with Crippen LogP contribution in [-0.2, 0) is 36.7 Å². The number of carbonyl (C=O) groups is 1. The number of benzene rings is 2. The molecule has 2 bridgehead atoms. The molecule has 2 aliphatic heterocycles. The van der Waals surface area contributed by atoms with E-state index >= 15 is 0 Å². The number of nitrogens with one attached hydrogen (secondary N) is 1. The molecule has 1 fully saturated rings. The molecule has 0 aliphatic carbocycles. The van der Waals surface area contributed by atoms with Crippen LogP contribution in [0.4, 0.5) is 24.5 Å². The van der Waals surface area contributed by atoms with Crippen molar-refractivity contribution in [3.05, 3.63) is 70.6 Å². The van der Waals surface area contributed by atoms with Crippen molar-refractivity contribution in [3.63, 3.8) is 0 Å². The van der Waals surface area contributed by atoms with Crippen LogP contribution in [0.3, 0.4) is 0 Å². The Labute approximate surface area is 227 Å². The van der Waals surface area contributed by atoms with Crippen molar-refractivity contribution in [3.8, 4) is 17.4 Å². The Bertz CT molecular complexity index is 1690. The summed E-state index contributed by atoms with van der Waals surface area (Å²) >= 11 is 0. The lowest BCUT2D eigenvalue weighted by Crippen LogP contribution is -2.26. The summed E-state index contributed by atoms with van der Waals surface area (Å²) in [6.07, 6.45) is -4.24. The van der Waals surface area contributed by atoms with Crippen molar-refractivity contribution in [1.82, 2.24) is 4.57 Å². The first-order chi connectivity index (χ1) is 18.6. The Morgan fingerprint density at radius 2 is 1.77 bits per heavy atom. The van der Waals surface area contributed by atoms with Crippen LogP contribution in [0.1, 0.15) is 49.8 Å². The lowest BCUT2D eigenvalue weighted by molar-refractivity contribution is -0.136. The van der Waals surface area contributed by atoms with Gasteiger partial charge in [-0.25, -0.2) is 13.3 Å². The lowest BCUT2D eigenvalue weighted by Gasteiger charge is -2.26. The summed E-state index contributed by atoms with van der Waals surface area (Å²) in [4.78, 5) is 14.2. The number of hydrogen-bond acceptors (Lipinski definition) is 6. The molecule has 0 spiro atoms. The van der Waals surface area contributed by atoms with Gasteiger partial charge in [0.15, 0.2) is 15.5 Å². The van der Waals surface area contributed by atoms with E-state index in [9.17, 15) is 36.6 Å². The van der Waals surface area contributed by atoms with Crippen LogP contribution in [-0.4, -0.2) is 34.9 Å². The van der Waals surface area contributed by atoms with Crippen molar-refractivity contribution in [2.45, 2.75) is 55.4 Å². The summed E-state index contributed by atoms with van der Waals surface area (Å²) < 4.78 is 74.3. The Morgan fingerprint density at radius 1 is 1.12 bits per heavy atom. The Morgan fingerprint density at radius 3 is 2.38 bits per heavy atom. The van der Waals surface area contributed by atoms with Crippen LogP contribution in [0.15, 0.2) is 47.4 Å². The minimum atomic E-state index is -4.85. The number of halogens is 3. The minimum Gasteiger partial charge on any atom is -0.494 e. The molecular formula is C27H24F3N3O6S. The standard InChI is InChI=1S/C27H24F3N3O6S/c1-15(34)32-16-4-7-18(8-5-16)40(37,38)13-12-26-11-10-25(2,39-26)21-22(26)24(36)33(23(21)35)17-6-9-20(31-3)19(14-17)27(28,29)30/h4-9,14,35-36H,10-13H2,1-2H3,(H,32,34). The first kappa shape index (κ1) is 27.5. The fourth-order valence-corrected chi connectivity index (χ4v) is 7.09. The van der Waals surface area contributed by atoms with Crippen molar-refractivity contribution >= 4 is 27.1 Å². The van der Waals surface area contributed by atoms with E-state index in [4.69, 9.17) is 11.3 Å². The van der Waals surface area contributed by atoms with E-state index in [0.29, 0.717) is 24.6 Å². The van der Waals surface area contributed by atoms with Crippen LogP contribution in [0.5, 0.6) is 11.8 Å². The molecule has 2 aliphatic rings. The van der Waals surface area contributed by atoms with Gasteiger partial charge in [-0.05, 0) is 62.6 Å². The van der Waals surface area contributed by atoms with Crippen molar-refractivity contribution < 1.29 is 41.3 Å². The van der Waals surface area contributed by atoms with E-state index in [2.05, 4.69) is 10.2 Å². The maximum atomic E-state index is 13.6. The molecule has 3 N–H and O–H groups in total. The molecule has 1 amide bonds. The molecule has 1 saturated heterocycles. The van der Waals surface area contributed by atoms with E-state index in [1.807, 2.05) is 0 Å². The number of ether oxygens (including phenoxy) is 1. The van der Waals surface area contributed by atoms with Gasteiger partial charge in [0.05, 0.1) is 45.2 Å². The molecule has 0 saturated carbocycles. The first-order valence-electron chi connectivity index (χ1n) is 12.2. The molecule has 2 atom stereocenters. The molecule has 210 valence electrons. The second-order valence-electron chi connectivity index (χ2n) is 10.1. The monoisotopic (exact) mass is 575 g/mol. The van der Waals surface area contributed by atoms with E-state index in [1.54, 1.807) is 6.92 Å². The van der Waals surface area contributed by atoms with Gasteiger partial charge in [0.1, 0.15) is 5.60 Å². The molecule has 0 radical (unpaired) electrons. The number of hydrogen-bond donors (Lipinski definition) is 3. The summed E-state index contributed by atoms with van der Waals surface area (Å²) in [5.41, 5.74) is -3.71. The smallest absolute Gasteiger partial charge is 0.407 e. The molecule has 2 aromatic carbocycles. The second kappa shape index (κ2) is 9.00. The summed E-state index contributed by atoms with van der Waals surface area (Å²) in [5, 5.41) is 24.9. The van der Waals surface area contributed by atoms with Gasteiger partial charge in [0.25, 0.3) is 0 Å². The van der Waals surface area contributed by atoms with Gasteiger partial charge in [-0.1, -0.05) is 6.07 Å². The molecule has 2 unspecified atom stereocenters. The van der Waals surface area contributed by atoms with Crippen LogP contribution in [0.2, 0.25) is 0 Å². The van der Waals surface area contributed by atoms with Crippen molar-refractivity contribution in [1.29, 1.82) is 0 Å². The summed E-state index contributed by atoms with van der Waals surface area (Å²) in [6.45, 7) is 10.0. The molecule has 13 heteroatoms. The largest absolute Gasteiger partial charge is 0.494 e. The topological polar surface area (TPSA) is 122 Å². The third-order valence-corrected chi connectivity index (χ3v) is 9.24. The molecule has 1 aromatic heterocycles. The maximum Gasteiger partial charge on any atom is 0.407 e. The van der Waals surface area contributed by atoms with Gasteiger partial charge in [-0.2, -0.15) is 13.2 Å². The highest BCUT2D eigenvalue weighted by atomic mass is 32.2. The van der Waals surface area contributed by atoms with Crippen LogP contribution < -0.4 is 5.32 Å². The zero-order valence-electron chi connectivity index (χ0n) is 21.3. The Hall–Kier alpha value is -4.02. The molecule has 9 nitrogen and oxygen atoms in total. The number of aromatic nitrogens is 1. The number of anilines is 1. The molecule has 40 heavy (non-hydrogen) atoms. The quantitative estimate of drug-likeness (QED) is 0.333. The minimum absolute atomic E-state index is 0.0150. The highest BCUT2D eigenvalue weighted by molar-refractivity contribution is 7.91. The van der Waals surface area contributed by atoms with Gasteiger partial charge in [-0.15, -0.1) is 0 Å². The van der Waals surface area contributed by atoms with E-state index < -0.39 is 50.2 Å². The molecular weight excluding hydrogens is 551 g/mol. The normalized spacial score (nSPS) is 21.7. The Kier molecular flexibility index (Phi) is 6.20. The number of alkyl halides is 3. The third-order valence-electron chi connectivity index (χ3n) is 7.50. The molecule has 5 rings (SSSR count). The van der Waals surface area contributed by atoms with Gasteiger partial charge in [0, 0.05) is 12.6 Å². The number of fused-ring (bicyclic) bond motifs is 5. The molecule has 3 heterocycles. The first-order valence-corrected chi connectivity index (χ1v) is 13.8. The SMILES string of the molecule is [C-]#[N+]c1ccc(-n2c(O)c3c(c2O)C2(CCS(=O)(=O)c4ccc(NC(C)=O)cc4)CCC3(C)O2)cc1C(F)(F)F. The predicted octanol–water partition coefficient (Wildman–Crippen LogP) is 5.51. The van der Waals surface area contributed by atoms with Crippen molar-refractivity contribution in [2.75, 3.05) is 11.1 Å². The number of nitrogens with zero attached hydrogens (tertiary/aromatic N) is 2. The fraction of sp³-hybridized carbons (Fsp3) is 0.333. The number of sulfone groups is 1. The summed E-state index contributed by atoms with van der Waals surface area (Å²) in [5.74, 6) is -1.76. The molecule has 3 aromatic rings. The second-order valence-corrected chi connectivity index (χ2v) is 12.3. The summed E-state index contributed by atoms with van der Waals surface area (Å²) in [6, 6.07) is 8.47. The van der Waals surface area contributed by atoms with Crippen LogP contribution in [0.25, 0.3) is 10.5 Å². The average Bonchev–Trinajstić information content (AvgIpc) is 3.46. The lowest BCUT2D eigenvalue weighted by atomic mass is 9.78. The van der Waals surface area contributed by atoms with Crippen LogP contribution in [0, 0.1) is 6.57 Å². The number of aromatic hydroxyl groups is 2. The number of carbonyl (C=O) groups excluding carboxylic acids is 1. The fourth-order valence-electron chi connectivity index (χ4n) is 5.70. The number of rotatable bonds is 6. The van der Waals surface area contributed by atoms with Gasteiger partial charge in [0.2, 0.25) is 17.7 Å². The highest BCUT2D eigenvalue weighted by Crippen LogP contribution is 2.65. The Balaban J connectivity index is 1.52. The highest BCUT2D eigenvalue weighted by Gasteiger charge is 2.61. The van der Waals surface area contributed by atoms with Gasteiger partial charge in [-0.3, -0.25) is 9.36 Å². The van der Waals surface area contributed by atoms with Crippen molar-refractivity contribution in [2.24, 2.45) is 0 Å². The summed E-state index contributed by atoms with van der Waals surface area (Å²) in [7, 11) is -3.84. The van der Waals surface area contributed by atoms with E-state index in [1.165, 1.54) is 37.3 Å². The van der Waals surface area contributed by atoms with Crippen LogP contribution >= 0.6 is 0 Å². The average molecular weight is 576 g/mol. The van der Waals surface area contributed by atoms with E-state index in [-0.39, 0.29) is 39.8 Å².